The van der Waals surface area contributed by atoms with Crippen LogP contribution < -0.4 is 5.49 Å². The Labute approximate surface area is 83.3 Å². The molecule has 0 unspecified atom stereocenters. The molecule has 15 heavy (non-hydrogen) atoms. The number of aromatic amines is 1. The molecule has 0 amide bonds. The van der Waals surface area contributed by atoms with Crippen LogP contribution in [0, 0.1) is 5.41 Å². The fourth-order valence-electron chi connectivity index (χ4n) is 1.25. The lowest BCUT2D eigenvalue weighted by Gasteiger charge is -2.02. The Morgan fingerprint density at radius 1 is 1.60 bits per heavy atom. The Kier molecular flexibility index (Phi) is 2.13. The van der Waals surface area contributed by atoms with E-state index in [1.165, 1.54) is 17.2 Å². The molecule has 0 bridgehead atoms. The summed E-state index contributed by atoms with van der Waals surface area (Å²) in [4.78, 5) is 31.6. The number of imidazole rings is 1. The van der Waals surface area contributed by atoms with E-state index in [2.05, 4.69) is 15.0 Å². The van der Waals surface area contributed by atoms with Crippen LogP contribution in [-0.4, -0.2) is 31.6 Å². The molecular formula is C8H7N5O2. The van der Waals surface area contributed by atoms with Crippen molar-refractivity contribution < 1.29 is 9.59 Å². The van der Waals surface area contributed by atoms with Crippen molar-refractivity contribution in [1.82, 2.24) is 19.5 Å². The molecular weight excluding hydrogens is 198 g/mol. The Balaban J connectivity index is 2.57. The van der Waals surface area contributed by atoms with Gasteiger partial charge in [0, 0.05) is 0 Å². The van der Waals surface area contributed by atoms with Crippen LogP contribution in [0.2, 0.25) is 0 Å². The SMILES string of the molecule is N=c1ncn(CC(=O)C=O)c2nc[nH]c12. The van der Waals surface area contributed by atoms with Gasteiger partial charge in [0.1, 0.15) is 5.52 Å². The topological polar surface area (TPSA) is 104 Å². The number of H-pyrrole nitrogens is 1. The van der Waals surface area contributed by atoms with E-state index in [-0.39, 0.29) is 18.3 Å². The van der Waals surface area contributed by atoms with Crippen LogP contribution in [0.25, 0.3) is 11.2 Å². The number of carbonyl (C=O) groups excluding carboxylic acids is 2. The molecule has 2 rings (SSSR count). The maximum atomic E-state index is 10.9. The lowest BCUT2D eigenvalue weighted by atomic mass is 10.4. The number of fused-ring (bicyclic) bond motifs is 1. The van der Waals surface area contributed by atoms with E-state index in [9.17, 15) is 9.59 Å². The third kappa shape index (κ3) is 1.54. The lowest BCUT2D eigenvalue weighted by molar-refractivity contribution is -0.130. The number of hydrogen-bond acceptors (Lipinski definition) is 5. The predicted molar refractivity (Wildman–Crippen MR) is 48.8 cm³/mol. The number of nitrogens with zero attached hydrogens (tertiary/aromatic N) is 3. The van der Waals surface area contributed by atoms with Gasteiger partial charge in [-0.05, 0) is 0 Å². The van der Waals surface area contributed by atoms with Gasteiger partial charge in [0.25, 0.3) is 0 Å². The van der Waals surface area contributed by atoms with Crippen molar-refractivity contribution in [2.24, 2.45) is 0 Å². The Morgan fingerprint density at radius 3 is 3.13 bits per heavy atom. The minimum Gasteiger partial charge on any atom is -0.340 e. The van der Waals surface area contributed by atoms with Crippen molar-refractivity contribution in [2.45, 2.75) is 6.54 Å². The second kappa shape index (κ2) is 3.45. The Morgan fingerprint density at radius 2 is 2.40 bits per heavy atom. The number of carbonyl (C=O) groups is 2. The molecule has 0 saturated heterocycles. The lowest BCUT2D eigenvalue weighted by Crippen LogP contribution is -2.17. The van der Waals surface area contributed by atoms with Gasteiger partial charge in [0.05, 0.1) is 19.2 Å². The van der Waals surface area contributed by atoms with E-state index < -0.39 is 5.78 Å². The molecule has 0 radical (unpaired) electrons. The van der Waals surface area contributed by atoms with Gasteiger partial charge in [-0.2, -0.15) is 0 Å². The zero-order valence-corrected chi connectivity index (χ0v) is 7.60. The van der Waals surface area contributed by atoms with Gasteiger partial charge in [-0.3, -0.25) is 15.0 Å². The second-order valence-corrected chi connectivity index (χ2v) is 2.91. The first-order valence-corrected chi connectivity index (χ1v) is 4.13. The molecule has 2 aromatic rings. The van der Waals surface area contributed by atoms with E-state index in [0.29, 0.717) is 11.2 Å². The fourth-order valence-corrected chi connectivity index (χ4v) is 1.25. The predicted octanol–water partition coefficient (Wildman–Crippen LogP) is -0.993. The maximum Gasteiger partial charge on any atom is 0.214 e. The van der Waals surface area contributed by atoms with Crippen molar-refractivity contribution in [3.8, 4) is 0 Å². The van der Waals surface area contributed by atoms with E-state index in [1.807, 2.05) is 0 Å². The summed E-state index contributed by atoms with van der Waals surface area (Å²) in [6.07, 6.45) is 2.97. The molecule has 2 N–H and O–H groups in total. The highest BCUT2D eigenvalue weighted by atomic mass is 16.2. The molecule has 76 valence electrons. The normalized spacial score (nSPS) is 10.4. The highest BCUT2D eigenvalue weighted by Crippen LogP contribution is 2.01. The molecule has 0 aromatic carbocycles. The van der Waals surface area contributed by atoms with E-state index in [1.54, 1.807) is 0 Å². The average Bonchev–Trinajstić information content (AvgIpc) is 2.71. The summed E-state index contributed by atoms with van der Waals surface area (Å²) >= 11 is 0. The van der Waals surface area contributed by atoms with Crippen LogP contribution in [0.4, 0.5) is 0 Å². The summed E-state index contributed by atoms with van der Waals surface area (Å²) in [5, 5.41) is 7.45. The molecule has 0 atom stereocenters. The standard InChI is InChI=1S/C8H7N5O2/c9-7-6-8(11-3-10-6)13(4-12-7)1-5(15)2-14/h2-4,9H,1H2,(H,10,11). The summed E-state index contributed by atoms with van der Waals surface area (Å²) in [7, 11) is 0. The quantitative estimate of drug-likeness (QED) is 0.495. The number of Topliss-reactive ketones (excluding diaryl/α,β-unsaturated/α-hetero) is 1. The van der Waals surface area contributed by atoms with Gasteiger partial charge in [-0.1, -0.05) is 0 Å². The monoisotopic (exact) mass is 205 g/mol. The molecule has 0 aliphatic carbocycles. The van der Waals surface area contributed by atoms with Crippen LogP contribution in [0.15, 0.2) is 12.7 Å². The van der Waals surface area contributed by atoms with Crippen molar-refractivity contribution in [3.63, 3.8) is 0 Å². The third-order valence-electron chi connectivity index (χ3n) is 1.91. The van der Waals surface area contributed by atoms with Crippen molar-refractivity contribution in [2.75, 3.05) is 0 Å². The Bertz CT molecular complexity index is 582. The van der Waals surface area contributed by atoms with Crippen LogP contribution in [-0.2, 0) is 16.1 Å². The molecule has 0 saturated carbocycles. The zero-order chi connectivity index (χ0) is 10.8. The zero-order valence-electron chi connectivity index (χ0n) is 7.60. The first kappa shape index (κ1) is 9.25. The summed E-state index contributed by atoms with van der Waals surface area (Å²) in [5.74, 6) is -0.566. The summed E-state index contributed by atoms with van der Waals surface area (Å²) in [6, 6.07) is 0. The first-order chi connectivity index (χ1) is 7.22. The van der Waals surface area contributed by atoms with Crippen molar-refractivity contribution in [3.05, 3.63) is 18.1 Å². The largest absolute Gasteiger partial charge is 0.340 e. The van der Waals surface area contributed by atoms with Gasteiger partial charge in [0.15, 0.2) is 17.4 Å². The van der Waals surface area contributed by atoms with Gasteiger partial charge < -0.3 is 9.55 Å². The highest BCUT2D eigenvalue weighted by Gasteiger charge is 2.07. The van der Waals surface area contributed by atoms with Crippen LogP contribution in [0.3, 0.4) is 0 Å². The molecule has 7 nitrogen and oxygen atoms in total. The molecule has 0 fully saturated rings. The van der Waals surface area contributed by atoms with Gasteiger partial charge in [-0.15, -0.1) is 0 Å². The molecule has 2 aromatic heterocycles. The molecule has 0 aliphatic heterocycles. The minimum absolute atomic E-state index is 0.0531. The summed E-state index contributed by atoms with van der Waals surface area (Å²) in [5.41, 5.74) is 0.929. The number of aldehydes is 1. The minimum atomic E-state index is -0.566. The Hall–Kier alpha value is -2.31. The van der Waals surface area contributed by atoms with Gasteiger partial charge in [0.2, 0.25) is 5.78 Å². The smallest absolute Gasteiger partial charge is 0.214 e. The molecule has 7 heteroatoms. The number of rotatable bonds is 3. The fraction of sp³-hybridized carbons (Fsp3) is 0.125. The van der Waals surface area contributed by atoms with E-state index >= 15 is 0 Å². The maximum absolute atomic E-state index is 10.9. The molecule has 2 heterocycles. The van der Waals surface area contributed by atoms with E-state index in [4.69, 9.17) is 5.41 Å². The number of hydrogen-bond donors (Lipinski definition) is 2. The summed E-state index contributed by atoms with van der Waals surface area (Å²) < 4.78 is 1.42. The summed E-state index contributed by atoms with van der Waals surface area (Å²) in [6.45, 7) is -0.113. The van der Waals surface area contributed by atoms with Crippen molar-refractivity contribution >= 4 is 23.2 Å². The average molecular weight is 205 g/mol. The second-order valence-electron chi connectivity index (χ2n) is 2.91. The number of ketones is 1. The first-order valence-electron chi connectivity index (χ1n) is 4.13. The van der Waals surface area contributed by atoms with Crippen molar-refractivity contribution in [1.29, 1.82) is 5.41 Å². The van der Waals surface area contributed by atoms with Gasteiger partial charge in [-0.25, -0.2) is 9.97 Å². The number of aromatic nitrogens is 4. The van der Waals surface area contributed by atoms with Gasteiger partial charge >= 0.3 is 0 Å². The highest BCUT2D eigenvalue weighted by molar-refractivity contribution is 6.24. The van der Waals surface area contributed by atoms with Crippen LogP contribution in [0.1, 0.15) is 0 Å². The third-order valence-corrected chi connectivity index (χ3v) is 1.91. The van der Waals surface area contributed by atoms with E-state index in [0.717, 1.165) is 0 Å². The van der Waals surface area contributed by atoms with Crippen LogP contribution in [0.5, 0.6) is 0 Å². The van der Waals surface area contributed by atoms with Crippen LogP contribution >= 0.6 is 0 Å². The molecule has 0 aliphatic rings. The number of nitrogens with one attached hydrogen (secondary N) is 2. The molecule has 0 spiro atoms.